The number of halogens is 2. The van der Waals surface area contributed by atoms with Gasteiger partial charge in [0.05, 0.1) is 0 Å². The Kier molecular flexibility index (Phi) is 4.60. The molecule has 12 heavy (non-hydrogen) atoms. The van der Waals surface area contributed by atoms with Crippen molar-refractivity contribution in [3.63, 3.8) is 0 Å². The first-order valence-corrected chi connectivity index (χ1v) is 10.6. The molecule has 0 nitrogen and oxygen atoms in total. The molecular weight excluding hydrogens is 299 g/mol. The highest BCUT2D eigenvalue weighted by molar-refractivity contribution is 14.1. The average Bonchev–Trinajstić information content (AvgIpc) is 2.05. The van der Waals surface area contributed by atoms with Crippen LogP contribution in [0.4, 0.5) is 0 Å². The molecule has 3 heteroatoms. The van der Waals surface area contributed by atoms with Gasteiger partial charge in [0.15, 0.2) is 0 Å². The van der Waals surface area contributed by atoms with Gasteiger partial charge in [-0.3, -0.25) is 0 Å². The molecule has 0 aromatic heterocycles. The summed E-state index contributed by atoms with van der Waals surface area (Å²) in [5, 5.41) is 1.40. The van der Waals surface area contributed by atoms with Crippen molar-refractivity contribution in [1.82, 2.24) is 0 Å². The maximum Gasteiger partial charge on any atom is 0.236 e. The number of hydrogen-bond acceptors (Lipinski definition) is 0. The molecule has 0 saturated carbocycles. The molecule has 0 aliphatic heterocycles. The van der Waals surface area contributed by atoms with Crippen LogP contribution in [0.15, 0.2) is 24.3 Å². The monoisotopic (exact) mass is 310 g/mol. The van der Waals surface area contributed by atoms with Crippen molar-refractivity contribution in [2.24, 2.45) is 0 Å². The van der Waals surface area contributed by atoms with E-state index in [0.717, 1.165) is 6.42 Å². The second-order valence-electron chi connectivity index (χ2n) is 2.75. The van der Waals surface area contributed by atoms with Gasteiger partial charge in [-0.25, -0.2) is 0 Å². The van der Waals surface area contributed by atoms with Gasteiger partial charge in [0.25, 0.3) is 0 Å². The van der Waals surface area contributed by atoms with Crippen LogP contribution < -0.4 is 5.19 Å². The molecule has 0 aliphatic rings. The number of benzene rings is 1. The topological polar surface area (TPSA) is 0 Å². The summed E-state index contributed by atoms with van der Waals surface area (Å²) in [6.07, 6.45) is 2.36. The van der Waals surface area contributed by atoms with Crippen LogP contribution in [-0.4, -0.2) is 5.60 Å². The van der Waals surface area contributed by atoms with E-state index in [9.17, 15) is 0 Å². The molecule has 1 atom stereocenters. The van der Waals surface area contributed by atoms with Crippen molar-refractivity contribution in [2.75, 3.05) is 0 Å². The predicted molar refractivity (Wildman–Crippen MR) is 67.1 cm³/mol. The molecule has 0 saturated heterocycles. The van der Waals surface area contributed by atoms with Crippen LogP contribution in [0.25, 0.3) is 0 Å². The first-order chi connectivity index (χ1) is 5.75. The molecule has 0 heterocycles. The van der Waals surface area contributed by atoms with Gasteiger partial charge in [0.2, 0.25) is 5.60 Å². The molecule has 0 fully saturated rings. The summed E-state index contributed by atoms with van der Waals surface area (Å²) in [6.45, 7) is 2.20. The Labute approximate surface area is 92.8 Å². The lowest BCUT2D eigenvalue weighted by atomic mass is 10.1. The Hall–Kier alpha value is 0.457. The second kappa shape index (κ2) is 5.24. The SMILES string of the molecule is CCCc1ccccc1[SiH](Cl)I. The molecule has 1 rings (SSSR count). The van der Waals surface area contributed by atoms with Gasteiger partial charge in [0.1, 0.15) is 0 Å². The van der Waals surface area contributed by atoms with Crippen LogP contribution >= 0.6 is 32.9 Å². The van der Waals surface area contributed by atoms with Crippen molar-refractivity contribution >= 4 is 43.7 Å². The molecule has 1 unspecified atom stereocenters. The fraction of sp³-hybridized carbons (Fsp3) is 0.333. The van der Waals surface area contributed by atoms with Gasteiger partial charge in [-0.1, -0.05) is 59.4 Å². The highest BCUT2D eigenvalue weighted by atomic mass is 127. The molecule has 0 N–H and O–H groups in total. The molecule has 66 valence electrons. The van der Waals surface area contributed by atoms with Crippen LogP contribution in [0, 0.1) is 0 Å². The highest BCUT2D eigenvalue weighted by Crippen LogP contribution is 2.07. The largest absolute Gasteiger partial charge is 0.236 e. The summed E-state index contributed by atoms with van der Waals surface area (Å²) < 4.78 is 0. The maximum absolute atomic E-state index is 6.17. The van der Waals surface area contributed by atoms with Crippen LogP contribution in [0.1, 0.15) is 18.9 Å². The van der Waals surface area contributed by atoms with Crippen molar-refractivity contribution in [2.45, 2.75) is 19.8 Å². The van der Waals surface area contributed by atoms with Gasteiger partial charge in [-0.2, -0.15) is 11.1 Å². The summed E-state index contributed by atoms with van der Waals surface area (Å²) in [5.74, 6) is 0. The quantitative estimate of drug-likeness (QED) is 0.457. The van der Waals surface area contributed by atoms with Crippen molar-refractivity contribution in [3.05, 3.63) is 29.8 Å². The van der Waals surface area contributed by atoms with Crippen molar-refractivity contribution in [1.29, 1.82) is 0 Å². The molecule has 1 aromatic carbocycles. The maximum atomic E-state index is 6.17. The fourth-order valence-electron chi connectivity index (χ4n) is 1.24. The van der Waals surface area contributed by atoms with Crippen molar-refractivity contribution in [3.8, 4) is 0 Å². The minimum atomic E-state index is -1.16. The summed E-state index contributed by atoms with van der Waals surface area (Å²) in [4.78, 5) is 0. The van der Waals surface area contributed by atoms with E-state index in [2.05, 4.69) is 53.0 Å². The number of aryl methyl sites for hydroxylation is 1. The first-order valence-electron chi connectivity index (χ1n) is 4.11. The van der Waals surface area contributed by atoms with Gasteiger partial charge in [-0.05, 0) is 17.2 Å². The zero-order chi connectivity index (χ0) is 8.97. The van der Waals surface area contributed by atoms with E-state index in [1.807, 2.05) is 0 Å². The van der Waals surface area contributed by atoms with E-state index < -0.39 is 5.60 Å². The standard InChI is InChI=1S/C9H12ClISi/c1-2-5-8-6-3-4-7-9(8)12(10)11/h3-4,6-7,12H,2,5H2,1H3. The predicted octanol–water partition coefficient (Wildman–Crippen LogP) is 2.74. The Morgan fingerprint density at radius 3 is 2.67 bits per heavy atom. The van der Waals surface area contributed by atoms with E-state index >= 15 is 0 Å². The summed E-state index contributed by atoms with van der Waals surface area (Å²) in [5.41, 5.74) is 0.288. The second-order valence-corrected chi connectivity index (χ2v) is 11.2. The van der Waals surface area contributed by atoms with Crippen LogP contribution in [0.5, 0.6) is 0 Å². The molecule has 0 radical (unpaired) electrons. The first kappa shape index (κ1) is 10.5. The average molecular weight is 311 g/mol. The molecule has 0 bridgehead atoms. The molecule has 0 aliphatic carbocycles. The third kappa shape index (κ3) is 2.75. The summed E-state index contributed by atoms with van der Waals surface area (Å²) >= 11 is 8.55. The third-order valence-corrected chi connectivity index (χ3v) is 5.56. The Bertz CT molecular complexity index is 250. The lowest BCUT2D eigenvalue weighted by Gasteiger charge is -2.07. The smallest absolute Gasteiger partial charge is 0.152 e. The minimum absolute atomic E-state index is 1.16. The van der Waals surface area contributed by atoms with Crippen LogP contribution in [-0.2, 0) is 6.42 Å². The lowest BCUT2D eigenvalue weighted by molar-refractivity contribution is 0.927. The number of rotatable bonds is 3. The third-order valence-electron chi connectivity index (χ3n) is 1.81. The molecule has 0 spiro atoms. The lowest BCUT2D eigenvalue weighted by Crippen LogP contribution is -2.21. The number of hydrogen-bond donors (Lipinski definition) is 0. The van der Waals surface area contributed by atoms with Crippen LogP contribution in [0.3, 0.4) is 0 Å². The Morgan fingerprint density at radius 2 is 2.08 bits per heavy atom. The van der Waals surface area contributed by atoms with E-state index in [0.29, 0.717) is 0 Å². The fourth-order valence-corrected chi connectivity index (χ4v) is 4.48. The minimum Gasteiger partial charge on any atom is -0.152 e. The normalized spacial score (nSPS) is 12.9. The zero-order valence-corrected chi connectivity index (χ0v) is 11.1. The van der Waals surface area contributed by atoms with Crippen LogP contribution in [0.2, 0.25) is 0 Å². The van der Waals surface area contributed by atoms with E-state index in [1.54, 1.807) is 0 Å². The van der Waals surface area contributed by atoms with E-state index in [-0.39, 0.29) is 0 Å². The summed E-state index contributed by atoms with van der Waals surface area (Å²) in [7, 11) is 0. The van der Waals surface area contributed by atoms with E-state index in [1.165, 1.54) is 17.2 Å². The van der Waals surface area contributed by atoms with Gasteiger partial charge < -0.3 is 0 Å². The molecule has 1 aromatic rings. The van der Waals surface area contributed by atoms with E-state index in [4.69, 9.17) is 11.1 Å². The molecule has 0 amide bonds. The van der Waals surface area contributed by atoms with Gasteiger partial charge in [0, 0.05) is 0 Å². The van der Waals surface area contributed by atoms with Gasteiger partial charge in [-0.15, -0.1) is 0 Å². The zero-order valence-electron chi connectivity index (χ0n) is 7.06. The molecular formula is C9H12ClISi. The highest BCUT2D eigenvalue weighted by Gasteiger charge is 2.08. The Morgan fingerprint density at radius 1 is 1.42 bits per heavy atom. The van der Waals surface area contributed by atoms with Gasteiger partial charge >= 0.3 is 0 Å². The summed E-state index contributed by atoms with van der Waals surface area (Å²) in [6, 6.07) is 8.54. The van der Waals surface area contributed by atoms with Crippen molar-refractivity contribution < 1.29 is 0 Å². The Balaban J connectivity index is 2.92.